The maximum Gasteiger partial charge on any atom is 0.246 e. The Labute approximate surface area is 152 Å². The highest BCUT2D eigenvalue weighted by Gasteiger charge is 2.15. The van der Waals surface area contributed by atoms with E-state index >= 15 is 0 Å². The molecular formula is C20H14N2O3S. The summed E-state index contributed by atoms with van der Waals surface area (Å²) in [6.07, 6.45) is 0. The summed E-state index contributed by atoms with van der Waals surface area (Å²) in [5, 5.41) is 9.69. The summed E-state index contributed by atoms with van der Waals surface area (Å²) in [7, 11) is 0. The van der Waals surface area contributed by atoms with Crippen LogP contribution in [0.5, 0.6) is 0 Å². The highest BCUT2D eigenvalue weighted by Crippen LogP contribution is 2.19. The van der Waals surface area contributed by atoms with E-state index in [0.29, 0.717) is 27.1 Å². The lowest BCUT2D eigenvalue weighted by atomic mass is 10.1. The first-order valence-electron chi connectivity index (χ1n) is 8.15. The number of aromatic nitrogens is 2. The van der Waals surface area contributed by atoms with Crippen LogP contribution in [0.1, 0.15) is 6.92 Å². The molecule has 5 nitrogen and oxygen atoms in total. The Balaban J connectivity index is 2.26. The lowest BCUT2D eigenvalue weighted by Gasteiger charge is -1.98. The average molecular weight is 362 g/mol. The smallest absolute Gasteiger partial charge is 0.246 e. The monoisotopic (exact) mass is 362 g/mol. The molecule has 0 saturated carbocycles. The van der Waals surface area contributed by atoms with Gasteiger partial charge in [-0.2, -0.15) is 0 Å². The summed E-state index contributed by atoms with van der Waals surface area (Å²) in [4.78, 5) is 26.1. The van der Waals surface area contributed by atoms with Crippen molar-refractivity contribution < 1.29 is 4.42 Å². The van der Waals surface area contributed by atoms with Crippen LogP contribution in [0.3, 0.4) is 0 Å². The second-order valence-corrected chi connectivity index (χ2v) is 6.87. The number of thioether (sulfide) groups is 1. The minimum Gasteiger partial charge on any atom is -0.432 e. The molecule has 0 N–H and O–H groups in total. The zero-order valence-corrected chi connectivity index (χ0v) is 14.7. The van der Waals surface area contributed by atoms with Crippen molar-refractivity contribution in [2.45, 2.75) is 11.9 Å². The molecule has 4 rings (SSSR count). The van der Waals surface area contributed by atoms with Gasteiger partial charge in [-0.05, 0) is 17.9 Å². The Morgan fingerprint density at radius 2 is 1.54 bits per heavy atom. The van der Waals surface area contributed by atoms with Crippen molar-refractivity contribution in [1.29, 1.82) is 0 Å². The van der Waals surface area contributed by atoms with Crippen molar-refractivity contribution >= 4 is 22.5 Å². The van der Waals surface area contributed by atoms with Crippen LogP contribution in [0.25, 0.3) is 22.2 Å². The predicted molar refractivity (Wildman–Crippen MR) is 101 cm³/mol. The van der Waals surface area contributed by atoms with Crippen molar-refractivity contribution in [1.82, 2.24) is 10.2 Å². The fourth-order valence-electron chi connectivity index (χ4n) is 2.84. The summed E-state index contributed by atoms with van der Waals surface area (Å²) >= 11 is 1.36. The van der Waals surface area contributed by atoms with Crippen molar-refractivity contribution in [2.24, 2.45) is 0 Å². The first-order chi connectivity index (χ1) is 12.7. The van der Waals surface area contributed by atoms with Gasteiger partial charge in [0, 0.05) is 16.3 Å². The van der Waals surface area contributed by atoms with Crippen LogP contribution in [0, 0.1) is 10.6 Å². The van der Waals surface area contributed by atoms with Gasteiger partial charge in [-0.1, -0.05) is 49.4 Å². The standard InChI is InChI=1S/C20H14N2O3S/c1-2-26-20-15-16(23)13-10-6-7-11-14(13)17(24)18(15)25-19(21-22-20)12-8-4-3-5-9-12/h3-11H,2H2,1H3. The fourth-order valence-corrected chi connectivity index (χ4v) is 3.54. The van der Waals surface area contributed by atoms with Crippen molar-refractivity contribution in [2.75, 3.05) is 5.75 Å². The van der Waals surface area contributed by atoms with Crippen LogP contribution in [-0.4, -0.2) is 16.0 Å². The molecule has 0 bridgehead atoms. The maximum atomic E-state index is 13.0. The second-order valence-electron chi connectivity index (χ2n) is 5.62. The molecule has 6 heteroatoms. The van der Waals surface area contributed by atoms with Crippen molar-refractivity contribution in [3.63, 3.8) is 0 Å². The van der Waals surface area contributed by atoms with E-state index in [0.717, 1.165) is 0 Å². The Morgan fingerprint density at radius 1 is 0.885 bits per heavy atom. The Kier molecular flexibility index (Phi) is 4.26. The molecule has 0 aromatic heterocycles. The predicted octanol–water partition coefficient (Wildman–Crippen LogP) is 3.45. The van der Waals surface area contributed by atoms with Gasteiger partial charge in [0.25, 0.3) is 0 Å². The molecular weight excluding hydrogens is 348 g/mol. The quantitative estimate of drug-likeness (QED) is 0.520. The van der Waals surface area contributed by atoms with Gasteiger partial charge in [0.1, 0.15) is 10.2 Å². The first kappa shape index (κ1) is 16.5. The van der Waals surface area contributed by atoms with Gasteiger partial charge in [0.15, 0.2) is 10.8 Å². The Bertz CT molecular complexity index is 1290. The van der Waals surface area contributed by atoms with Crippen LogP contribution in [-0.2, 0) is 0 Å². The van der Waals surface area contributed by atoms with Gasteiger partial charge >= 0.3 is 0 Å². The molecule has 1 aliphatic heterocycles. The fraction of sp³-hybridized carbons (Fsp3) is 0.100. The third kappa shape index (κ3) is 2.68. The number of hydrogen-bond acceptors (Lipinski definition) is 6. The molecule has 2 aromatic rings. The van der Waals surface area contributed by atoms with E-state index in [-0.39, 0.29) is 27.4 Å². The molecule has 2 aliphatic rings. The zero-order valence-electron chi connectivity index (χ0n) is 13.9. The molecule has 0 fully saturated rings. The number of hydrogen-bond donors (Lipinski definition) is 0. The van der Waals surface area contributed by atoms with E-state index in [1.165, 1.54) is 11.8 Å². The summed E-state index contributed by atoms with van der Waals surface area (Å²) in [5.41, 5.74) is 0.0861. The molecule has 1 heterocycles. The molecule has 1 aliphatic carbocycles. The van der Waals surface area contributed by atoms with Gasteiger partial charge in [-0.15, -0.1) is 22.0 Å². The molecule has 0 amide bonds. The van der Waals surface area contributed by atoms with Crippen LogP contribution < -0.4 is 10.9 Å². The van der Waals surface area contributed by atoms with Gasteiger partial charge in [-0.3, -0.25) is 9.59 Å². The van der Waals surface area contributed by atoms with E-state index in [2.05, 4.69) is 10.2 Å². The van der Waals surface area contributed by atoms with Gasteiger partial charge in [-0.25, -0.2) is 0 Å². The minimum absolute atomic E-state index is 0.00602. The van der Waals surface area contributed by atoms with Gasteiger partial charge in [0.2, 0.25) is 11.3 Å². The number of rotatable bonds is 3. The second kappa shape index (κ2) is 6.72. The number of nitrogens with zero attached hydrogens (tertiary/aromatic N) is 2. The lowest BCUT2D eigenvalue weighted by molar-refractivity contribution is 0.516. The van der Waals surface area contributed by atoms with E-state index in [9.17, 15) is 9.59 Å². The lowest BCUT2D eigenvalue weighted by Crippen LogP contribution is -2.15. The van der Waals surface area contributed by atoms with Crippen LogP contribution in [0.2, 0.25) is 0 Å². The van der Waals surface area contributed by atoms with E-state index in [4.69, 9.17) is 4.42 Å². The summed E-state index contributed by atoms with van der Waals surface area (Å²) in [6, 6.07) is 15.9. The molecule has 26 heavy (non-hydrogen) atoms. The Morgan fingerprint density at radius 3 is 2.23 bits per heavy atom. The van der Waals surface area contributed by atoms with Gasteiger partial charge in [0.05, 0.1) is 0 Å². The maximum absolute atomic E-state index is 13.0. The molecule has 0 atom stereocenters. The Hall–Kier alpha value is -2.99. The highest BCUT2D eigenvalue weighted by atomic mass is 32.2. The average Bonchev–Trinajstić information content (AvgIpc) is 2.87. The van der Waals surface area contributed by atoms with Crippen LogP contribution >= 0.6 is 11.8 Å². The highest BCUT2D eigenvalue weighted by molar-refractivity contribution is 7.99. The third-order valence-electron chi connectivity index (χ3n) is 4.02. The normalized spacial score (nSPS) is 11.1. The molecule has 0 spiro atoms. The van der Waals surface area contributed by atoms with Crippen LogP contribution in [0.15, 0.2) is 73.6 Å². The summed E-state index contributed by atoms with van der Waals surface area (Å²) in [6.45, 7) is 1.95. The minimum atomic E-state index is -0.329. The number of benzene rings is 2. The molecule has 0 unspecified atom stereocenters. The van der Waals surface area contributed by atoms with Crippen LogP contribution in [0.4, 0.5) is 0 Å². The van der Waals surface area contributed by atoms with E-state index in [1.807, 2.05) is 37.3 Å². The molecule has 128 valence electrons. The van der Waals surface area contributed by atoms with E-state index < -0.39 is 0 Å². The van der Waals surface area contributed by atoms with E-state index in [1.54, 1.807) is 24.3 Å². The first-order valence-corrected chi connectivity index (χ1v) is 9.14. The van der Waals surface area contributed by atoms with Crippen molar-refractivity contribution in [3.8, 4) is 11.5 Å². The summed E-state index contributed by atoms with van der Waals surface area (Å²) in [5.74, 6) is 0.889. The zero-order chi connectivity index (χ0) is 18.1. The number of fused-ring (bicyclic) bond motifs is 1. The topological polar surface area (TPSA) is 73.1 Å². The largest absolute Gasteiger partial charge is 0.432 e. The summed E-state index contributed by atoms with van der Waals surface area (Å²) < 4.78 is 5.85. The molecule has 0 radical (unpaired) electrons. The molecule has 0 saturated heterocycles. The van der Waals surface area contributed by atoms with Gasteiger partial charge < -0.3 is 4.42 Å². The van der Waals surface area contributed by atoms with Crippen molar-refractivity contribution in [3.05, 3.63) is 85.7 Å². The molecule has 2 aromatic carbocycles. The third-order valence-corrected chi connectivity index (χ3v) is 4.87. The SMILES string of the molecule is CCSc1nnc(-c2ccccc2)oc2c(=O)c3ccccc3c(=O)c1=2.